The molecule has 2 atom stereocenters. The molecular formula is C15H17FN2O3S. The van der Waals surface area contributed by atoms with Gasteiger partial charge in [-0.1, -0.05) is 0 Å². The van der Waals surface area contributed by atoms with Crippen LogP contribution in [0, 0.1) is 12.7 Å². The van der Waals surface area contributed by atoms with Gasteiger partial charge >= 0.3 is 0 Å². The Morgan fingerprint density at radius 2 is 2.18 bits per heavy atom. The van der Waals surface area contributed by atoms with E-state index in [2.05, 4.69) is 0 Å². The molecule has 0 radical (unpaired) electrons. The molecule has 2 aliphatic heterocycles. The fourth-order valence-corrected chi connectivity index (χ4v) is 4.31. The molecule has 3 N–H and O–H groups in total. The molecule has 2 aliphatic rings. The van der Waals surface area contributed by atoms with Crippen molar-refractivity contribution in [1.29, 1.82) is 0 Å². The fourth-order valence-electron chi connectivity index (χ4n) is 2.98. The average Bonchev–Trinajstić information content (AvgIpc) is 2.45. The third-order valence-corrected chi connectivity index (χ3v) is 5.52. The highest BCUT2D eigenvalue weighted by atomic mass is 32.2. The van der Waals surface area contributed by atoms with Gasteiger partial charge in [-0.25, -0.2) is 4.39 Å². The largest absolute Gasteiger partial charge is 0.398 e. The Kier molecular flexibility index (Phi) is 3.86. The molecule has 7 heteroatoms. The standard InChI is InChI=1S/C15H17FN2O3S/c1-7-9(16)5-10(17)13-14(21)11(6-22-15(7)13)18-3-2-8(19)4-12(18)20/h5,8,11,19H,2-4,6,17H2,1H3. The van der Waals surface area contributed by atoms with E-state index in [1.165, 1.54) is 16.7 Å². The number of piperidine rings is 1. The van der Waals surface area contributed by atoms with Crippen molar-refractivity contribution < 1.29 is 19.1 Å². The van der Waals surface area contributed by atoms with E-state index in [0.717, 1.165) is 6.07 Å². The fraction of sp³-hybridized carbons (Fsp3) is 0.467. The molecule has 1 amide bonds. The van der Waals surface area contributed by atoms with Crippen LogP contribution in [-0.4, -0.2) is 46.1 Å². The molecular weight excluding hydrogens is 307 g/mol. The number of carbonyl (C=O) groups is 2. The third kappa shape index (κ3) is 2.38. The van der Waals surface area contributed by atoms with Crippen LogP contribution in [0.25, 0.3) is 0 Å². The van der Waals surface area contributed by atoms with Crippen LogP contribution in [0.2, 0.25) is 0 Å². The summed E-state index contributed by atoms with van der Waals surface area (Å²) in [6.07, 6.45) is -0.131. The predicted octanol–water partition coefficient (Wildman–Crippen LogP) is 1.36. The number of ketones is 1. The predicted molar refractivity (Wildman–Crippen MR) is 81.3 cm³/mol. The molecule has 2 unspecified atom stereocenters. The molecule has 1 fully saturated rings. The summed E-state index contributed by atoms with van der Waals surface area (Å²) in [5, 5.41) is 9.53. The number of hydrogen-bond acceptors (Lipinski definition) is 5. The third-order valence-electron chi connectivity index (χ3n) is 4.24. The van der Waals surface area contributed by atoms with Crippen LogP contribution in [0.5, 0.6) is 0 Å². The van der Waals surface area contributed by atoms with Gasteiger partial charge in [0.25, 0.3) is 0 Å². The van der Waals surface area contributed by atoms with Gasteiger partial charge in [0.1, 0.15) is 11.9 Å². The quantitative estimate of drug-likeness (QED) is 0.762. The number of rotatable bonds is 1. The molecule has 1 saturated heterocycles. The Morgan fingerprint density at radius 3 is 2.86 bits per heavy atom. The van der Waals surface area contributed by atoms with Crippen molar-refractivity contribution in [2.75, 3.05) is 18.0 Å². The summed E-state index contributed by atoms with van der Waals surface area (Å²) in [4.78, 5) is 26.9. The maximum Gasteiger partial charge on any atom is 0.225 e. The van der Waals surface area contributed by atoms with Crippen LogP contribution in [0.1, 0.15) is 28.8 Å². The molecule has 0 aromatic heterocycles. The number of fused-ring (bicyclic) bond motifs is 1. The first kappa shape index (κ1) is 15.3. The molecule has 0 bridgehead atoms. The monoisotopic (exact) mass is 324 g/mol. The van der Waals surface area contributed by atoms with Crippen molar-refractivity contribution in [3.63, 3.8) is 0 Å². The number of halogens is 1. The minimum atomic E-state index is -0.635. The smallest absolute Gasteiger partial charge is 0.225 e. The Bertz CT molecular complexity index is 665. The second kappa shape index (κ2) is 5.55. The normalized spacial score (nSPS) is 25.3. The number of nitrogen functional groups attached to an aromatic ring is 1. The minimum Gasteiger partial charge on any atom is -0.398 e. The first-order valence-corrected chi connectivity index (χ1v) is 8.11. The van der Waals surface area contributed by atoms with Gasteiger partial charge in [-0.2, -0.15) is 0 Å². The molecule has 0 aliphatic carbocycles. The Balaban J connectivity index is 1.95. The highest BCUT2D eigenvalue weighted by Crippen LogP contribution is 2.39. The number of likely N-dealkylation sites (tertiary alicyclic amines) is 1. The Hall–Kier alpha value is -1.60. The molecule has 0 spiro atoms. The number of nitrogens with zero attached hydrogens (tertiary/aromatic N) is 1. The maximum atomic E-state index is 13.8. The first-order valence-electron chi connectivity index (χ1n) is 7.13. The van der Waals surface area contributed by atoms with Gasteiger partial charge < -0.3 is 15.7 Å². The van der Waals surface area contributed by atoms with Crippen molar-refractivity contribution in [2.45, 2.75) is 36.8 Å². The first-order chi connectivity index (χ1) is 10.4. The number of aliphatic hydroxyl groups is 1. The molecule has 3 rings (SSSR count). The molecule has 22 heavy (non-hydrogen) atoms. The minimum absolute atomic E-state index is 0.0409. The van der Waals surface area contributed by atoms with Gasteiger partial charge in [-0.05, 0) is 25.0 Å². The van der Waals surface area contributed by atoms with Crippen molar-refractivity contribution in [1.82, 2.24) is 4.90 Å². The highest BCUT2D eigenvalue weighted by molar-refractivity contribution is 7.99. The summed E-state index contributed by atoms with van der Waals surface area (Å²) in [7, 11) is 0. The number of thioether (sulfide) groups is 1. The van der Waals surface area contributed by atoms with E-state index in [0.29, 0.717) is 34.7 Å². The summed E-state index contributed by atoms with van der Waals surface area (Å²) in [5.74, 6) is -0.498. The van der Waals surface area contributed by atoms with Crippen LogP contribution in [0.15, 0.2) is 11.0 Å². The number of nitrogens with two attached hydrogens (primary N) is 1. The van der Waals surface area contributed by atoms with Gasteiger partial charge in [0.15, 0.2) is 5.78 Å². The van der Waals surface area contributed by atoms with Crippen molar-refractivity contribution in [2.24, 2.45) is 0 Å². The van der Waals surface area contributed by atoms with E-state index in [-0.39, 0.29) is 23.8 Å². The summed E-state index contributed by atoms with van der Waals surface area (Å²) < 4.78 is 13.8. The van der Waals surface area contributed by atoms with Crippen molar-refractivity contribution >= 4 is 29.1 Å². The second-order valence-corrected chi connectivity index (χ2v) is 6.73. The number of amides is 1. The summed E-state index contributed by atoms with van der Waals surface area (Å²) >= 11 is 1.35. The van der Waals surface area contributed by atoms with Gasteiger partial charge in [0, 0.05) is 22.9 Å². The number of benzene rings is 1. The Morgan fingerprint density at radius 1 is 1.45 bits per heavy atom. The van der Waals surface area contributed by atoms with Crippen LogP contribution >= 0.6 is 11.8 Å². The number of Topliss-reactive ketones (excluding diaryl/α,β-unsaturated/α-hetero) is 1. The zero-order chi connectivity index (χ0) is 16.0. The van der Waals surface area contributed by atoms with Crippen LogP contribution in [0.3, 0.4) is 0 Å². The maximum absolute atomic E-state index is 13.8. The van der Waals surface area contributed by atoms with Gasteiger partial charge in [-0.3, -0.25) is 9.59 Å². The number of hydrogen-bond donors (Lipinski definition) is 2. The van der Waals surface area contributed by atoms with Gasteiger partial charge in [-0.15, -0.1) is 11.8 Å². The molecule has 0 saturated carbocycles. The van der Waals surface area contributed by atoms with E-state index >= 15 is 0 Å². The van der Waals surface area contributed by atoms with Crippen molar-refractivity contribution in [3.05, 3.63) is 23.0 Å². The lowest BCUT2D eigenvalue weighted by Gasteiger charge is -2.37. The summed E-state index contributed by atoms with van der Waals surface area (Å²) in [6.45, 7) is 1.98. The van der Waals surface area contributed by atoms with Crippen molar-refractivity contribution in [3.8, 4) is 0 Å². The van der Waals surface area contributed by atoms with Crippen LogP contribution in [0.4, 0.5) is 10.1 Å². The van der Waals surface area contributed by atoms with E-state index < -0.39 is 18.0 Å². The highest BCUT2D eigenvalue weighted by Gasteiger charge is 2.39. The molecule has 1 aromatic rings. The Labute approximate surface area is 131 Å². The molecule has 5 nitrogen and oxygen atoms in total. The number of carbonyl (C=O) groups excluding carboxylic acids is 2. The lowest BCUT2D eigenvalue weighted by molar-refractivity contribution is -0.138. The number of anilines is 1. The SMILES string of the molecule is Cc1c(F)cc(N)c2c1SCC(N1CCC(O)CC1=O)C2=O. The zero-order valence-electron chi connectivity index (χ0n) is 12.1. The van der Waals surface area contributed by atoms with Gasteiger partial charge in [0.05, 0.1) is 18.1 Å². The van der Waals surface area contributed by atoms with Crippen LogP contribution < -0.4 is 5.73 Å². The lowest BCUT2D eigenvalue weighted by Crippen LogP contribution is -2.52. The van der Waals surface area contributed by atoms with E-state index in [9.17, 15) is 19.1 Å². The van der Waals surface area contributed by atoms with E-state index in [1.54, 1.807) is 6.92 Å². The zero-order valence-corrected chi connectivity index (χ0v) is 13.0. The number of aliphatic hydroxyl groups excluding tert-OH is 1. The summed E-state index contributed by atoms with van der Waals surface area (Å²) in [5.41, 5.74) is 6.68. The average molecular weight is 324 g/mol. The molecule has 118 valence electrons. The molecule has 2 heterocycles. The topological polar surface area (TPSA) is 83.6 Å². The molecule has 1 aromatic carbocycles. The van der Waals surface area contributed by atoms with Crippen LogP contribution in [-0.2, 0) is 4.79 Å². The van der Waals surface area contributed by atoms with E-state index in [1.807, 2.05) is 0 Å². The summed E-state index contributed by atoms with van der Waals surface area (Å²) in [6, 6.07) is 0.571. The second-order valence-electron chi connectivity index (χ2n) is 5.70. The lowest BCUT2D eigenvalue weighted by atomic mass is 9.96. The van der Waals surface area contributed by atoms with E-state index in [4.69, 9.17) is 5.73 Å². The van der Waals surface area contributed by atoms with Gasteiger partial charge in [0.2, 0.25) is 5.91 Å².